The maximum atomic E-state index is 12.4. The molecule has 1 aliphatic carbocycles. The number of nitro groups is 1. The Morgan fingerprint density at radius 3 is 3.05 bits per heavy atom. The van der Waals surface area contributed by atoms with Crippen molar-refractivity contribution in [3.8, 4) is 0 Å². The number of nitro benzene ring substituents is 1. The first-order chi connectivity index (χ1) is 10.5. The Labute approximate surface area is 126 Å². The summed E-state index contributed by atoms with van der Waals surface area (Å²) in [5, 5.41) is 13.6. The molecular weight excluding hydrogens is 284 g/mol. The zero-order valence-electron chi connectivity index (χ0n) is 12.1. The highest BCUT2D eigenvalue weighted by molar-refractivity contribution is 5.93. The van der Waals surface area contributed by atoms with Crippen molar-refractivity contribution in [2.24, 2.45) is 5.92 Å². The third kappa shape index (κ3) is 2.69. The summed E-state index contributed by atoms with van der Waals surface area (Å²) in [6.07, 6.45) is 3.85. The third-order valence-electron chi connectivity index (χ3n) is 4.04. The van der Waals surface area contributed by atoms with E-state index in [4.69, 9.17) is 0 Å². The molecule has 1 heterocycles. The third-order valence-corrected chi connectivity index (χ3v) is 4.04. The molecule has 22 heavy (non-hydrogen) atoms. The minimum atomic E-state index is -0.445. The second-order valence-electron chi connectivity index (χ2n) is 5.51. The van der Waals surface area contributed by atoms with E-state index in [1.165, 1.54) is 12.1 Å². The Balaban J connectivity index is 1.71. The minimum Gasteiger partial charge on any atom is -0.348 e. The number of imidazole rings is 1. The number of aromatic amines is 1. The Hall–Kier alpha value is -2.70. The van der Waals surface area contributed by atoms with Crippen LogP contribution in [0.5, 0.6) is 0 Å². The van der Waals surface area contributed by atoms with E-state index in [1.54, 1.807) is 19.3 Å². The van der Waals surface area contributed by atoms with E-state index in [2.05, 4.69) is 15.3 Å². The molecule has 3 rings (SSSR count). The van der Waals surface area contributed by atoms with Gasteiger partial charge in [0.15, 0.2) is 0 Å². The van der Waals surface area contributed by atoms with Gasteiger partial charge in [0.05, 0.1) is 16.9 Å². The van der Waals surface area contributed by atoms with Crippen molar-refractivity contribution in [3.05, 3.63) is 51.6 Å². The molecule has 0 bridgehead atoms. The van der Waals surface area contributed by atoms with Gasteiger partial charge in [-0.25, -0.2) is 4.98 Å². The van der Waals surface area contributed by atoms with Crippen LogP contribution >= 0.6 is 0 Å². The number of aromatic nitrogens is 2. The Morgan fingerprint density at radius 2 is 2.32 bits per heavy atom. The van der Waals surface area contributed by atoms with Gasteiger partial charge in [-0.2, -0.15) is 0 Å². The second kappa shape index (κ2) is 5.59. The van der Waals surface area contributed by atoms with Crippen LogP contribution in [-0.4, -0.2) is 20.8 Å². The van der Waals surface area contributed by atoms with Crippen LogP contribution in [0.15, 0.2) is 24.5 Å². The Kier molecular flexibility index (Phi) is 3.62. The van der Waals surface area contributed by atoms with Crippen LogP contribution in [0.25, 0.3) is 0 Å². The second-order valence-corrected chi connectivity index (χ2v) is 5.51. The number of fused-ring (bicyclic) bond motifs is 1. The molecule has 114 valence electrons. The van der Waals surface area contributed by atoms with E-state index < -0.39 is 4.92 Å². The lowest BCUT2D eigenvalue weighted by molar-refractivity contribution is -0.384. The van der Waals surface area contributed by atoms with E-state index in [9.17, 15) is 14.9 Å². The molecule has 1 atom stereocenters. The molecule has 0 spiro atoms. The van der Waals surface area contributed by atoms with Gasteiger partial charge in [-0.1, -0.05) is 0 Å². The number of rotatable bonds is 3. The average molecular weight is 300 g/mol. The highest BCUT2D eigenvalue weighted by Crippen LogP contribution is 2.26. The molecule has 0 radical (unpaired) electrons. The summed E-state index contributed by atoms with van der Waals surface area (Å²) in [5.41, 5.74) is 3.38. The number of nitrogens with one attached hydrogen (secondary N) is 2. The molecule has 1 amide bonds. The largest absolute Gasteiger partial charge is 0.348 e. The maximum absolute atomic E-state index is 12.4. The monoisotopic (exact) mass is 300 g/mol. The highest BCUT2D eigenvalue weighted by atomic mass is 16.6. The quantitative estimate of drug-likeness (QED) is 0.671. The Morgan fingerprint density at radius 1 is 1.50 bits per heavy atom. The molecule has 7 heteroatoms. The molecule has 1 aromatic heterocycles. The van der Waals surface area contributed by atoms with Crippen molar-refractivity contribution in [2.75, 3.05) is 5.32 Å². The SMILES string of the molecule is Cc1cc([N+](=O)[O-])ccc1NC(=O)C1CCc2nc[nH]c2C1. The van der Waals surface area contributed by atoms with Crippen molar-refractivity contribution < 1.29 is 9.72 Å². The molecule has 0 saturated heterocycles. The molecule has 1 aliphatic rings. The zero-order valence-corrected chi connectivity index (χ0v) is 12.1. The average Bonchev–Trinajstić information content (AvgIpc) is 2.96. The molecular formula is C15H16N4O3. The van der Waals surface area contributed by atoms with Gasteiger partial charge in [0.1, 0.15) is 0 Å². The van der Waals surface area contributed by atoms with Gasteiger partial charge in [0.2, 0.25) is 5.91 Å². The summed E-state index contributed by atoms with van der Waals surface area (Å²) in [4.78, 5) is 30.0. The summed E-state index contributed by atoms with van der Waals surface area (Å²) >= 11 is 0. The number of hydrogen-bond acceptors (Lipinski definition) is 4. The van der Waals surface area contributed by atoms with Crippen molar-refractivity contribution in [3.63, 3.8) is 0 Å². The van der Waals surface area contributed by atoms with E-state index in [1.807, 2.05) is 0 Å². The van der Waals surface area contributed by atoms with Gasteiger partial charge in [-0.3, -0.25) is 14.9 Å². The van der Waals surface area contributed by atoms with Gasteiger partial charge in [0.25, 0.3) is 5.69 Å². The summed E-state index contributed by atoms with van der Waals surface area (Å²) in [6.45, 7) is 1.75. The highest BCUT2D eigenvalue weighted by Gasteiger charge is 2.26. The molecule has 0 aliphatic heterocycles. The fourth-order valence-corrected chi connectivity index (χ4v) is 2.76. The number of carbonyl (C=O) groups excluding carboxylic acids is 1. The predicted molar refractivity (Wildman–Crippen MR) is 80.6 cm³/mol. The topological polar surface area (TPSA) is 101 Å². The number of nitrogens with zero attached hydrogens (tertiary/aromatic N) is 2. The van der Waals surface area contributed by atoms with Gasteiger partial charge >= 0.3 is 0 Å². The van der Waals surface area contributed by atoms with Crippen LogP contribution in [0, 0.1) is 23.0 Å². The molecule has 2 N–H and O–H groups in total. The number of H-pyrrole nitrogens is 1. The number of aryl methyl sites for hydroxylation is 2. The summed E-state index contributed by atoms with van der Waals surface area (Å²) in [7, 11) is 0. The van der Waals surface area contributed by atoms with Crippen LogP contribution in [0.1, 0.15) is 23.4 Å². The predicted octanol–water partition coefficient (Wildman–Crippen LogP) is 2.37. The molecule has 1 unspecified atom stereocenters. The number of amides is 1. The van der Waals surface area contributed by atoms with E-state index in [-0.39, 0.29) is 17.5 Å². The number of anilines is 1. The summed E-state index contributed by atoms with van der Waals surface area (Å²) < 4.78 is 0. The number of hydrogen-bond donors (Lipinski definition) is 2. The van der Waals surface area contributed by atoms with E-state index in [0.717, 1.165) is 24.2 Å². The zero-order chi connectivity index (χ0) is 15.7. The van der Waals surface area contributed by atoms with Crippen molar-refractivity contribution in [1.82, 2.24) is 9.97 Å². The fourth-order valence-electron chi connectivity index (χ4n) is 2.76. The summed E-state index contributed by atoms with van der Waals surface area (Å²) in [6, 6.07) is 4.44. The normalized spacial score (nSPS) is 16.9. The first-order valence-electron chi connectivity index (χ1n) is 7.11. The number of non-ortho nitro benzene ring substituents is 1. The molecule has 2 aromatic rings. The van der Waals surface area contributed by atoms with Gasteiger partial charge < -0.3 is 10.3 Å². The van der Waals surface area contributed by atoms with Gasteiger partial charge in [-0.15, -0.1) is 0 Å². The van der Waals surface area contributed by atoms with Crippen LogP contribution in [-0.2, 0) is 17.6 Å². The first-order valence-corrected chi connectivity index (χ1v) is 7.11. The molecule has 0 saturated carbocycles. The number of benzene rings is 1. The Bertz CT molecular complexity index is 738. The smallest absolute Gasteiger partial charge is 0.269 e. The number of carbonyl (C=O) groups is 1. The standard InChI is InChI=1S/C15H16N4O3/c1-9-6-11(19(21)22)3-5-12(9)18-15(20)10-2-4-13-14(7-10)17-8-16-13/h3,5-6,8,10H,2,4,7H2,1H3,(H,16,17)(H,18,20). The van der Waals surface area contributed by atoms with Crippen molar-refractivity contribution >= 4 is 17.3 Å². The van der Waals surface area contributed by atoms with Gasteiger partial charge in [0, 0.05) is 35.9 Å². The van der Waals surface area contributed by atoms with E-state index >= 15 is 0 Å². The van der Waals surface area contributed by atoms with Crippen LogP contribution in [0.3, 0.4) is 0 Å². The maximum Gasteiger partial charge on any atom is 0.269 e. The fraction of sp³-hybridized carbons (Fsp3) is 0.333. The van der Waals surface area contributed by atoms with Gasteiger partial charge in [-0.05, 0) is 31.4 Å². The van der Waals surface area contributed by atoms with Crippen LogP contribution in [0.2, 0.25) is 0 Å². The van der Waals surface area contributed by atoms with Crippen molar-refractivity contribution in [2.45, 2.75) is 26.2 Å². The van der Waals surface area contributed by atoms with Crippen LogP contribution in [0.4, 0.5) is 11.4 Å². The minimum absolute atomic E-state index is 0.0234. The van der Waals surface area contributed by atoms with Crippen LogP contribution < -0.4 is 5.32 Å². The van der Waals surface area contributed by atoms with E-state index in [0.29, 0.717) is 17.7 Å². The lowest BCUT2D eigenvalue weighted by Gasteiger charge is -2.21. The van der Waals surface area contributed by atoms with Crippen molar-refractivity contribution in [1.29, 1.82) is 0 Å². The molecule has 1 aromatic carbocycles. The molecule has 0 fully saturated rings. The lowest BCUT2D eigenvalue weighted by Crippen LogP contribution is -2.28. The first kappa shape index (κ1) is 14.2. The summed E-state index contributed by atoms with van der Waals surface area (Å²) in [5.74, 6) is -0.167. The molecule has 7 nitrogen and oxygen atoms in total. The lowest BCUT2D eigenvalue weighted by atomic mass is 9.89.